The van der Waals surface area contributed by atoms with Crippen LogP contribution in [-0.2, 0) is 9.53 Å². The van der Waals surface area contributed by atoms with Crippen LogP contribution < -0.4 is 14.4 Å². The molecular weight excluding hydrogens is 310 g/mol. The number of anilines is 1. The Bertz CT molecular complexity index is 715. The highest BCUT2D eigenvalue weighted by molar-refractivity contribution is 5.97. The Morgan fingerprint density at radius 1 is 1.00 bits per heavy atom. The maximum Gasteiger partial charge on any atom is 0.342 e. The van der Waals surface area contributed by atoms with E-state index in [4.69, 9.17) is 14.2 Å². The fraction of sp³-hybridized carbons (Fsp3) is 0.222. The molecule has 0 heterocycles. The Balaban J connectivity index is 2.01. The quantitative estimate of drug-likeness (QED) is 0.762. The number of carbonyl (C=O) groups is 2. The second-order valence-corrected chi connectivity index (χ2v) is 4.93. The maximum atomic E-state index is 12.2. The minimum Gasteiger partial charge on any atom is -0.497 e. The van der Waals surface area contributed by atoms with Crippen LogP contribution in [0.1, 0.15) is 10.4 Å². The average Bonchev–Trinajstić information content (AvgIpc) is 2.65. The van der Waals surface area contributed by atoms with Crippen LogP contribution in [0.25, 0.3) is 0 Å². The minimum atomic E-state index is -0.635. The molecule has 6 heteroatoms. The second-order valence-electron chi connectivity index (χ2n) is 4.93. The largest absolute Gasteiger partial charge is 0.497 e. The number of hydrogen-bond acceptors (Lipinski definition) is 5. The van der Waals surface area contributed by atoms with Crippen LogP contribution in [0.5, 0.6) is 11.5 Å². The van der Waals surface area contributed by atoms with Crippen molar-refractivity contribution in [2.75, 3.05) is 32.8 Å². The van der Waals surface area contributed by atoms with Crippen molar-refractivity contribution in [3.05, 3.63) is 54.1 Å². The Labute approximate surface area is 140 Å². The highest BCUT2D eigenvalue weighted by Crippen LogP contribution is 2.25. The number of esters is 1. The van der Waals surface area contributed by atoms with Gasteiger partial charge in [0.15, 0.2) is 6.61 Å². The Hall–Kier alpha value is -3.02. The number of ether oxygens (including phenoxy) is 3. The number of carbonyl (C=O) groups excluding carboxylic acids is 2. The van der Waals surface area contributed by atoms with Crippen molar-refractivity contribution >= 4 is 17.6 Å². The Kier molecular flexibility index (Phi) is 5.78. The van der Waals surface area contributed by atoms with Gasteiger partial charge in [-0.1, -0.05) is 18.2 Å². The molecule has 0 aliphatic carbocycles. The molecule has 0 aromatic heterocycles. The van der Waals surface area contributed by atoms with Crippen LogP contribution in [0.3, 0.4) is 0 Å². The van der Waals surface area contributed by atoms with E-state index in [1.807, 2.05) is 18.2 Å². The molecule has 0 fully saturated rings. The number of likely N-dealkylation sites (N-methyl/N-ethyl adjacent to an activating group) is 1. The predicted octanol–water partition coefficient (Wildman–Crippen LogP) is 2.52. The molecule has 2 aromatic rings. The molecule has 0 N–H and O–H groups in total. The molecule has 0 aliphatic rings. The first-order valence-electron chi connectivity index (χ1n) is 7.27. The number of methoxy groups -OCH3 is 2. The summed E-state index contributed by atoms with van der Waals surface area (Å²) in [6, 6.07) is 13.8. The number of hydrogen-bond donors (Lipinski definition) is 0. The van der Waals surface area contributed by atoms with E-state index in [1.54, 1.807) is 31.3 Å². The molecule has 0 spiro atoms. The topological polar surface area (TPSA) is 65.1 Å². The standard InChI is InChI=1S/C18H19NO5/c1-19(13-7-5-4-6-8-13)17(20)12-24-18(21)15-10-9-14(22-2)11-16(15)23-3/h4-11H,12H2,1-3H3. The SMILES string of the molecule is COc1ccc(C(=O)OCC(=O)N(C)c2ccccc2)c(OC)c1. The van der Waals surface area contributed by atoms with Crippen molar-refractivity contribution in [3.8, 4) is 11.5 Å². The van der Waals surface area contributed by atoms with E-state index in [2.05, 4.69) is 0 Å². The lowest BCUT2D eigenvalue weighted by Gasteiger charge is -2.17. The van der Waals surface area contributed by atoms with E-state index in [-0.39, 0.29) is 18.1 Å². The summed E-state index contributed by atoms with van der Waals surface area (Å²) < 4.78 is 15.3. The molecule has 24 heavy (non-hydrogen) atoms. The minimum absolute atomic E-state index is 0.230. The maximum absolute atomic E-state index is 12.2. The van der Waals surface area contributed by atoms with Gasteiger partial charge in [-0.05, 0) is 24.3 Å². The Morgan fingerprint density at radius 2 is 1.71 bits per heavy atom. The van der Waals surface area contributed by atoms with E-state index in [9.17, 15) is 9.59 Å². The fourth-order valence-corrected chi connectivity index (χ4v) is 2.06. The fourth-order valence-electron chi connectivity index (χ4n) is 2.06. The third-order valence-electron chi connectivity index (χ3n) is 3.47. The first kappa shape index (κ1) is 17.3. The summed E-state index contributed by atoms with van der Waals surface area (Å²) in [6.45, 7) is -0.362. The van der Waals surface area contributed by atoms with Gasteiger partial charge in [0, 0.05) is 18.8 Å². The molecular formula is C18H19NO5. The highest BCUT2D eigenvalue weighted by atomic mass is 16.5. The zero-order valence-corrected chi connectivity index (χ0v) is 13.8. The molecule has 126 valence electrons. The van der Waals surface area contributed by atoms with Crippen molar-refractivity contribution in [2.24, 2.45) is 0 Å². The molecule has 1 amide bonds. The molecule has 0 unspecified atom stereocenters. The summed E-state index contributed by atoms with van der Waals surface area (Å²) in [5, 5.41) is 0. The van der Waals surface area contributed by atoms with Crippen LogP contribution >= 0.6 is 0 Å². The van der Waals surface area contributed by atoms with E-state index in [0.717, 1.165) is 5.69 Å². The highest BCUT2D eigenvalue weighted by Gasteiger charge is 2.18. The van der Waals surface area contributed by atoms with Gasteiger partial charge >= 0.3 is 5.97 Å². The van der Waals surface area contributed by atoms with Gasteiger partial charge in [-0.3, -0.25) is 4.79 Å². The molecule has 6 nitrogen and oxygen atoms in total. The summed E-state index contributed by atoms with van der Waals surface area (Å²) in [5.41, 5.74) is 0.953. The summed E-state index contributed by atoms with van der Waals surface area (Å²) in [7, 11) is 4.59. The van der Waals surface area contributed by atoms with E-state index in [0.29, 0.717) is 11.5 Å². The molecule has 0 bridgehead atoms. The molecule has 0 saturated heterocycles. The summed E-state index contributed by atoms with van der Waals surface area (Å²) in [6.07, 6.45) is 0. The summed E-state index contributed by atoms with van der Waals surface area (Å²) in [4.78, 5) is 25.7. The third-order valence-corrected chi connectivity index (χ3v) is 3.47. The normalized spacial score (nSPS) is 9.96. The molecule has 0 saturated carbocycles. The first-order chi connectivity index (χ1) is 11.6. The van der Waals surface area contributed by atoms with Crippen molar-refractivity contribution in [3.63, 3.8) is 0 Å². The third kappa shape index (κ3) is 4.04. The van der Waals surface area contributed by atoms with Gasteiger partial charge in [-0.2, -0.15) is 0 Å². The molecule has 2 aromatic carbocycles. The van der Waals surface area contributed by atoms with E-state index in [1.165, 1.54) is 25.2 Å². The van der Waals surface area contributed by atoms with Crippen LogP contribution in [0, 0.1) is 0 Å². The van der Waals surface area contributed by atoms with E-state index < -0.39 is 5.97 Å². The molecule has 2 rings (SSSR count). The van der Waals surface area contributed by atoms with Gasteiger partial charge in [0.1, 0.15) is 17.1 Å². The first-order valence-corrected chi connectivity index (χ1v) is 7.27. The van der Waals surface area contributed by atoms with Gasteiger partial charge in [0.25, 0.3) is 5.91 Å². The number of amides is 1. The van der Waals surface area contributed by atoms with Crippen molar-refractivity contribution in [1.29, 1.82) is 0 Å². The zero-order valence-electron chi connectivity index (χ0n) is 13.8. The zero-order chi connectivity index (χ0) is 17.5. The van der Waals surface area contributed by atoms with Gasteiger partial charge in [0.05, 0.1) is 14.2 Å². The second kappa shape index (κ2) is 8.01. The monoisotopic (exact) mass is 329 g/mol. The Morgan fingerprint density at radius 3 is 2.33 bits per heavy atom. The lowest BCUT2D eigenvalue weighted by molar-refractivity contribution is -0.121. The number of benzene rings is 2. The predicted molar refractivity (Wildman–Crippen MR) is 89.7 cm³/mol. The smallest absolute Gasteiger partial charge is 0.342 e. The summed E-state index contributed by atoms with van der Waals surface area (Å²) >= 11 is 0. The number of para-hydroxylation sites is 1. The van der Waals surface area contributed by atoms with E-state index >= 15 is 0 Å². The van der Waals surface area contributed by atoms with Crippen molar-refractivity contribution in [2.45, 2.75) is 0 Å². The molecule has 0 atom stereocenters. The van der Waals surface area contributed by atoms with Crippen LogP contribution in [-0.4, -0.2) is 39.8 Å². The molecule has 0 radical (unpaired) electrons. The van der Waals surface area contributed by atoms with Gasteiger partial charge in [-0.15, -0.1) is 0 Å². The molecule has 0 aliphatic heterocycles. The van der Waals surface area contributed by atoms with Crippen molar-refractivity contribution in [1.82, 2.24) is 0 Å². The number of rotatable bonds is 6. The lowest BCUT2D eigenvalue weighted by atomic mass is 10.2. The van der Waals surface area contributed by atoms with Gasteiger partial charge in [-0.25, -0.2) is 4.79 Å². The lowest BCUT2D eigenvalue weighted by Crippen LogP contribution is -2.31. The summed E-state index contributed by atoms with van der Waals surface area (Å²) in [5.74, 6) is -0.0853. The average molecular weight is 329 g/mol. The van der Waals surface area contributed by atoms with Gasteiger partial charge in [0.2, 0.25) is 0 Å². The van der Waals surface area contributed by atoms with Crippen LogP contribution in [0.15, 0.2) is 48.5 Å². The van der Waals surface area contributed by atoms with Crippen molar-refractivity contribution < 1.29 is 23.8 Å². The van der Waals surface area contributed by atoms with Gasteiger partial charge < -0.3 is 19.1 Å². The van der Waals surface area contributed by atoms with Crippen LogP contribution in [0.2, 0.25) is 0 Å². The number of nitrogens with zero attached hydrogens (tertiary/aromatic N) is 1. The van der Waals surface area contributed by atoms with Crippen LogP contribution in [0.4, 0.5) is 5.69 Å².